The fraction of sp³-hybridized carbons (Fsp3) is 0.600. The maximum absolute atomic E-state index is 6.32. The topological polar surface area (TPSA) is 35.2 Å². The van der Waals surface area contributed by atoms with Gasteiger partial charge in [0.05, 0.1) is 6.61 Å². The second-order valence-corrected chi connectivity index (χ2v) is 5.21. The van der Waals surface area contributed by atoms with E-state index in [4.69, 9.17) is 22.1 Å². The molecule has 1 aromatic rings. The lowest BCUT2D eigenvalue weighted by molar-refractivity contribution is 0.313. The molecule has 1 rings (SSSR count). The average Bonchev–Trinajstić information content (AvgIpc) is 2.37. The van der Waals surface area contributed by atoms with Crippen molar-refractivity contribution in [2.45, 2.75) is 53.0 Å². The number of ether oxygens (including phenoxy) is 1. The van der Waals surface area contributed by atoms with E-state index in [1.165, 1.54) is 0 Å². The molecule has 0 heterocycles. The Kier molecular flexibility index (Phi) is 5.97. The molecule has 102 valence electrons. The molecule has 2 N–H and O–H groups in total. The van der Waals surface area contributed by atoms with E-state index in [9.17, 15) is 0 Å². The van der Waals surface area contributed by atoms with Crippen LogP contribution >= 0.6 is 11.6 Å². The SMILES string of the molecule is CCCOc1cc(C)c(Cl)c(C)c1CC(N)CC. The van der Waals surface area contributed by atoms with Gasteiger partial charge in [0, 0.05) is 16.6 Å². The number of halogens is 1. The number of aryl methyl sites for hydroxylation is 1. The number of hydrogen-bond donors (Lipinski definition) is 1. The number of benzene rings is 1. The van der Waals surface area contributed by atoms with E-state index in [2.05, 4.69) is 13.8 Å². The first-order valence-corrected chi connectivity index (χ1v) is 7.05. The Morgan fingerprint density at radius 3 is 2.56 bits per heavy atom. The number of rotatable bonds is 6. The summed E-state index contributed by atoms with van der Waals surface area (Å²) < 4.78 is 5.83. The van der Waals surface area contributed by atoms with Crippen LogP contribution in [0, 0.1) is 13.8 Å². The van der Waals surface area contributed by atoms with Crippen molar-refractivity contribution in [3.8, 4) is 5.75 Å². The summed E-state index contributed by atoms with van der Waals surface area (Å²) in [6.07, 6.45) is 2.78. The van der Waals surface area contributed by atoms with Crippen molar-refractivity contribution < 1.29 is 4.74 Å². The molecule has 0 aromatic heterocycles. The van der Waals surface area contributed by atoms with Crippen molar-refractivity contribution in [2.75, 3.05) is 6.61 Å². The first-order valence-electron chi connectivity index (χ1n) is 6.68. The quantitative estimate of drug-likeness (QED) is 0.846. The molecule has 0 aliphatic heterocycles. The maximum atomic E-state index is 6.32. The van der Waals surface area contributed by atoms with E-state index in [1.807, 2.05) is 19.9 Å². The van der Waals surface area contributed by atoms with Gasteiger partial charge >= 0.3 is 0 Å². The molecule has 0 spiro atoms. The zero-order valence-electron chi connectivity index (χ0n) is 11.8. The first kappa shape index (κ1) is 15.3. The van der Waals surface area contributed by atoms with E-state index in [0.717, 1.165) is 53.3 Å². The van der Waals surface area contributed by atoms with Crippen LogP contribution in [0.15, 0.2) is 6.07 Å². The van der Waals surface area contributed by atoms with E-state index < -0.39 is 0 Å². The van der Waals surface area contributed by atoms with Gasteiger partial charge < -0.3 is 10.5 Å². The third-order valence-corrected chi connectivity index (χ3v) is 3.81. The molecule has 0 fully saturated rings. The summed E-state index contributed by atoms with van der Waals surface area (Å²) in [5.41, 5.74) is 9.39. The zero-order chi connectivity index (χ0) is 13.7. The molecule has 0 aliphatic carbocycles. The van der Waals surface area contributed by atoms with Crippen LogP contribution in [0.25, 0.3) is 0 Å². The predicted octanol–water partition coefficient (Wildman–Crippen LogP) is 4.03. The predicted molar refractivity (Wildman–Crippen MR) is 78.7 cm³/mol. The summed E-state index contributed by atoms with van der Waals surface area (Å²) >= 11 is 6.32. The van der Waals surface area contributed by atoms with Crippen molar-refractivity contribution in [1.29, 1.82) is 0 Å². The Morgan fingerprint density at radius 2 is 2.00 bits per heavy atom. The van der Waals surface area contributed by atoms with Crippen LogP contribution < -0.4 is 10.5 Å². The average molecular weight is 270 g/mol. The second-order valence-electron chi connectivity index (χ2n) is 4.83. The van der Waals surface area contributed by atoms with E-state index in [1.54, 1.807) is 0 Å². The van der Waals surface area contributed by atoms with Gasteiger partial charge in [-0.1, -0.05) is 25.4 Å². The highest BCUT2D eigenvalue weighted by Gasteiger charge is 2.15. The highest BCUT2D eigenvalue weighted by molar-refractivity contribution is 6.32. The van der Waals surface area contributed by atoms with E-state index >= 15 is 0 Å². The summed E-state index contributed by atoms with van der Waals surface area (Å²) in [5.74, 6) is 0.945. The number of hydrogen-bond acceptors (Lipinski definition) is 2. The van der Waals surface area contributed by atoms with Crippen molar-refractivity contribution in [3.05, 3.63) is 27.8 Å². The monoisotopic (exact) mass is 269 g/mol. The van der Waals surface area contributed by atoms with Crippen molar-refractivity contribution in [3.63, 3.8) is 0 Å². The Labute approximate surface area is 115 Å². The van der Waals surface area contributed by atoms with Crippen LogP contribution in [0.1, 0.15) is 43.4 Å². The molecule has 0 amide bonds. The molecule has 0 aliphatic rings. The first-order chi connectivity index (χ1) is 8.51. The smallest absolute Gasteiger partial charge is 0.123 e. The zero-order valence-corrected chi connectivity index (χ0v) is 12.6. The van der Waals surface area contributed by atoms with Gasteiger partial charge in [-0.15, -0.1) is 0 Å². The number of nitrogens with two attached hydrogens (primary N) is 1. The Bertz CT molecular complexity index is 404. The summed E-state index contributed by atoms with van der Waals surface area (Å²) in [6.45, 7) is 8.99. The van der Waals surface area contributed by atoms with Gasteiger partial charge in [0.2, 0.25) is 0 Å². The van der Waals surface area contributed by atoms with Gasteiger partial charge in [-0.05, 0) is 50.3 Å². The summed E-state index contributed by atoms with van der Waals surface area (Å²) in [5, 5.41) is 0.831. The minimum atomic E-state index is 0.159. The van der Waals surface area contributed by atoms with Gasteiger partial charge in [-0.3, -0.25) is 0 Å². The molecule has 0 saturated carbocycles. The highest BCUT2D eigenvalue weighted by Crippen LogP contribution is 2.32. The van der Waals surface area contributed by atoms with Crippen molar-refractivity contribution >= 4 is 11.6 Å². The highest BCUT2D eigenvalue weighted by atomic mass is 35.5. The molecule has 0 saturated heterocycles. The third-order valence-electron chi connectivity index (χ3n) is 3.23. The lowest BCUT2D eigenvalue weighted by atomic mass is 9.97. The lowest BCUT2D eigenvalue weighted by Crippen LogP contribution is -2.22. The molecule has 1 unspecified atom stereocenters. The minimum absolute atomic E-state index is 0.159. The second kappa shape index (κ2) is 7.01. The van der Waals surface area contributed by atoms with Gasteiger partial charge in [0.1, 0.15) is 5.75 Å². The molecular weight excluding hydrogens is 246 g/mol. The lowest BCUT2D eigenvalue weighted by Gasteiger charge is -2.19. The van der Waals surface area contributed by atoms with Crippen molar-refractivity contribution in [1.82, 2.24) is 0 Å². The third kappa shape index (κ3) is 3.63. The van der Waals surface area contributed by atoms with Crippen LogP contribution in [0.3, 0.4) is 0 Å². The van der Waals surface area contributed by atoms with Crippen LogP contribution in [0.5, 0.6) is 5.75 Å². The fourth-order valence-electron chi connectivity index (χ4n) is 1.96. The van der Waals surface area contributed by atoms with E-state index in [0.29, 0.717) is 0 Å². The van der Waals surface area contributed by atoms with Gasteiger partial charge in [0.15, 0.2) is 0 Å². The Morgan fingerprint density at radius 1 is 1.33 bits per heavy atom. The van der Waals surface area contributed by atoms with Gasteiger partial charge in [-0.2, -0.15) is 0 Å². The fourth-order valence-corrected chi connectivity index (χ4v) is 2.13. The molecule has 3 heteroatoms. The normalized spacial score (nSPS) is 12.6. The molecule has 0 bridgehead atoms. The summed E-state index contributed by atoms with van der Waals surface area (Å²) in [4.78, 5) is 0. The van der Waals surface area contributed by atoms with Crippen LogP contribution in [0.2, 0.25) is 5.02 Å². The molecular formula is C15H24ClNO. The standard InChI is InChI=1S/C15H24ClNO/c1-5-7-18-14-8-10(3)15(16)11(4)13(14)9-12(17)6-2/h8,12H,5-7,9,17H2,1-4H3. The van der Waals surface area contributed by atoms with Crippen molar-refractivity contribution in [2.24, 2.45) is 5.73 Å². The van der Waals surface area contributed by atoms with E-state index in [-0.39, 0.29) is 6.04 Å². The molecule has 1 atom stereocenters. The van der Waals surface area contributed by atoms with Crippen LogP contribution in [-0.4, -0.2) is 12.6 Å². The summed E-state index contributed by atoms with van der Waals surface area (Å²) in [6, 6.07) is 2.19. The Hall–Kier alpha value is -0.730. The summed E-state index contributed by atoms with van der Waals surface area (Å²) in [7, 11) is 0. The van der Waals surface area contributed by atoms with Crippen LogP contribution in [0.4, 0.5) is 0 Å². The Balaban J connectivity index is 3.12. The maximum Gasteiger partial charge on any atom is 0.123 e. The minimum Gasteiger partial charge on any atom is -0.493 e. The molecule has 18 heavy (non-hydrogen) atoms. The molecule has 0 radical (unpaired) electrons. The van der Waals surface area contributed by atoms with Gasteiger partial charge in [-0.25, -0.2) is 0 Å². The van der Waals surface area contributed by atoms with Gasteiger partial charge in [0.25, 0.3) is 0 Å². The molecule has 2 nitrogen and oxygen atoms in total. The van der Waals surface area contributed by atoms with Crippen LogP contribution in [-0.2, 0) is 6.42 Å². The largest absolute Gasteiger partial charge is 0.493 e. The molecule has 1 aromatic carbocycles.